The highest BCUT2D eigenvalue weighted by atomic mass is 15.3. The zero-order valence-electron chi connectivity index (χ0n) is 13.3. The van der Waals surface area contributed by atoms with Crippen LogP contribution >= 0.6 is 0 Å². The molecule has 0 saturated carbocycles. The number of nitrogens with zero attached hydrogens (tertiary/aromatic N) is 6. The minimum absolute atomic E-state index is 0.124. The fraction of sp³-hybridized carbons (Fsp3) is 0.471. The van der Waals surface area contributed by atoms with Crippen LogP contribution in [0.3, 0.4) is 0 Å². The molecule has 2 aromatic rings. The molecule has 0 fully saturated rings. The monoisotopic (exact) mass is 308 g/mol. The van der Waals surface area contributed by atoms with Crippen molar-refractivity contribution in [1.29, 1.82) is 5.26 Å². The summed E-state index contributed by atoms with van der Waals surface area (Å²) < 4.78 is 1.90. The molecule has 0 amide bonds. The maximum atomic E-state index is 9.07. The van der Waals surface area contributed by atoms with E-state index >= 15 is 0 Å². The Morgan fingerprint density at radius 2 is 2.26 bits per heavy atom. The molecular weight excluding hydrogens is 288 g/mol. The highest BCUT2D eigenvalue weighted by Gasteiger charge is 2.18. The van der Waals surface area contributed by atoms with E-state index in [1.54, 1.807) is 12.5 Å². The second-order valence-electron chi connectivity index (χ2n) is 5.75. The van der Waals surface area contributed by atoms with Gasteiger partial charge in [0.25, 0.3) is 0 Å². The van der Waals surface area contributed by atoms with Gasteiger partial charge >= 0.3 is 0 Å². The van der Waals surface area contributed by atoms with Crippen LogP contribution < -0.4 is 0 Å². The van der Waals surface area contributed by atoms with Gasteiger partial charge in [0.1, 0.15) is 17.7 Å². The summed E-state index contributed by atoms with van der Waals surface area (Å²) in [5, 5.41) is 13.5. The molecule has 0 saturated heterocycles. The van der Waals surface area contributed by atoms with Crippen molar-refractivity contribution in [3.05, 3.63) is 24.4 Å². The Bertz CT molecular complexity index is 740. The lowest BCUT2D eigenvalue weighted by molar-refractivity contribution is 0.414. The molecular formula is C17H20N6. The van der Waals surface area contributed by atoms with Crippen LogP contribution in [0.1, 0.15) is 50.8 Å². The average Bonchev–Trinajstić information content (AvgIpc) is 3.23. The maximum absolute atomic E-state index is 9.07. The molecule has 0 N–H and O–H groups in total. The Hall–Kier alpha value is -2.55. The SMILES string of the molecule is CCCCCC(CC#N)n1cc(-c2ncnc3c2N=CC3)cn1. The van der Waals surface area contributed by atoms with Crippen LogP contribution in [0.15, 0.2) is 23.7 Å². The lowest BCUT2D eigenvalue weighted by Gasteiger charge is -2.13. The summed E-state index contributed by atoms with van der Waals surface area (Å²) in [6.07, 6.45) is 12.9. The van der Waals surface area contributed by atoms with Gasteiger partial charge in [-0.2, -0.15) is 10.4 Å². The minimum Gasteiger partial charge on any atom is -0.268 e. The van der Waals surface area contributed by atoms with Gasteiger partial charge in [-0.15, -0.1) is 0 Å². The predicted octanol–water partition coefficient (Wildman–Crippen LogP) is 3.63. The number of fused-ring (bicyclic) bond motifs is 1. The Kier molecular flexibility index (Phi) is 4.77. The summed E-state index contributed by atoms with van der Waals surface area (Å²) in [5.74, 6) is 0. The van der Waals surface area contributed by atoms with Gasteiger partial charge in [0.05, 0.1) is 30.4 Å². The van der Waals surface area contributed by atoms with Crippen LogP contribution in [-0.4, -0.2) is 26.0 Å². The summed E-state index contributed by atoms with van der Waals surface area (Å²) in [5.41, 5.74) is 3.55. The molecule has 1 aliphatic rings. The fourth-order valence-electron chi connectivity index (χ4n) is 2.86. The highest BCUT2D eigenvalue weighted by Crippen LogP contribution is 2.33. The van der Waals surface area contributed by atoms with Crippen molar-refractivity contribution in [2.45, 2.75) is 51.5 Å². The van der Waals surface area contributed by atoms with Crippen LogP contribution in [-0.2, 0) is 6.42 Å². The maximum Gasteiger partial charge on any atom is 0.116 e. The van der Waals surface area contributed by atoms with Crippen molar-refractivity contribution < 1.29 is 0 Å². The smallest absolute Gasteiger partial charge is 0.116 e. The minimum atomic E-state index is 0.124. The van der Waals surface area contributed by atoms with E-state index in [9.17, 15) is 0 Å². The van der Waals surface area contributed by atoms with Gasteiger partial charge in [0, 0.05) is 24.4 Å². The van der Waals surface area contributed by atoms with Crippen molar-refractivity contribution >= 4 is 11.9 Å². The zero-order chi connectivity index (χ0) is 16.1. The molecule has 0 spiro atoms. The quantitative estimate of drug-likeness (QED) is 0.731. The number of unbranched alkanes of at least 4 members (excludes halogenated alkanes) is 2. The molecule has 0 radical (unpaired) electrons. The number of hydrogen-bond donors (Lipinski definition) is 0. The lowest BCUT2D eigenvalue weighted by atomic mass is 10.1. The van der Waals surface area contributed by atoms with Gasteiger partial charge < -0.3 is 0 Å². The summed E-state index contributed by atoms with van der Waals surface area (Å²) in [4.78, 5) is 13.0. The van der Waals surface area contributed by atoms with E-state index < -0.39 is 0 Å². The Morgan fingerprint density at radius 1 is 1.35 bits per heavy atom. The molecule has 0 aromatic carbocycles. The zero-order valence-corrected chi connectivity index (χ0v) is 13.3. The molecule has 3 rings (SSSR count). The van der Waals surface area contributed by atoms with E-state index in [0.29, 0.717) is 6.42 Å². The molecule has 0 aliphatic carbocycles. The first-order valence-electron chi connectivity index (χ1n) is 8.11. The highest BCUT2D eigenvalue weighted by molar-refractivity contribution is 5.83. The van der Waals surface area contributed by atoms with E-state index in [2.05, 4.69) is 33.1 Å². The number of hydrogen-bond acceptors (Lipinski definition) is 5. The number of aliphatic imine (C=N–C) groups is 1. The van der Waals surface area contributed by atoms with E-state index in [0.717, 1.165) is 41.9 Å². The predicted molar refractivity (Wildman–Crippen MR) is 88.5 cm³/mol. The first-order valence-corrected chi connectivity index (χ1v) is 8.11. The van der Waals surface area contributed by atoms with Crippen LogP contribution in [0.2, 0.25) is 0 Å². The Balaban J connectivity index is 1.83. The molecule has 6 heteroatoms. The topological polar surface area (TPSA) is 79.8 Å². The van der Waals surface area contributed by atoms with E-state index in [1.165, 1.54) is 12.8 Å². The normalized spacial score (nSPS) is 13.7. The molecule has 3 heterocycles. The van der Waals surface area contributed by atoms with Gasteiger partial charge in [-0.1, -0.05) is 26.2 Å². The molecule has 6 nitrogen and oxygen atoms in total. The van der Waals surface area contributed by atoms with Crippen LogP contribution in [0, 0.1) is 11.3 Å². The van der Waals surface area contributed by atoms with Gasteiger partial charge in [-0.05, 0) is 6.42 Å². The summed E-state index contributed by atoms with van der Waals surface area (Å²) in [6, 6.07) is 2.40. The van der Waals surface area contributed by atoms with E-state index in [4.69, 9.17) is 5.26 Å². The molecule has 2 aromatic heterocycles. The number of rotatable bonds is 7. The van der Waals surface area contributed by atoms with Gasteiger partial charge in [-0.3, -0.25) is 9.67 Å². The summed E-state index contributed by atoms with van der Waals surface area (Å²) >= 11 is 0. The summed E-state index contributed by atoms with van der Waals surface area (Å²) in [7, 11) is 0. The van der Waals surface area contributed by atoms with Crippen LogP contribution in [0.4, 0.5) is 5.69 Å². The third-order valence-electron chi connectivity index (χ3n) is 4.12. The van der Waals surface area contributed by atoms with Crippen LogP contribution in [0.5, 0.6) is 0 Å². The fourth-order valence-corrected chi connectivity index (χ4v) is 2.86. The Morgan fingerprint density at radius 3 is 3.09 bits per heavy atom. The van der Waals surface area contributed by atoms with Crippen molar-refractivity contribution in [1.82, 2.24) is 19.7 Å². The third kappa shape index (κ3) is 3.29. The van der Waals surface area contributed by atoms with Gasteiger partial charge in [0.2, 0.25) is 0 Å². The molecule has 118 valence electrons. The lowest BCUT2D eigenvalue weighted by Crippen LogP contribution is -2.09. The first-order chi connectivity index (χ1) is 11.3. The van der Waals surface area contributed by atoms with Gasteiger partial charge in [0.15, 0.2) is 0 Å². The second kappa shape index (κ2) is 7.14. The summed E-state index contributed by atoms with van der Waals surface area (Å²) in [6.45, 7) is 2.18. The molecule has 1 atom stereocenters. The van der Waals surface area contributed by atoms with E-state index in [-0.39, 0.29) is 6.04 Å². The third-order valence-corrected chi connectivity index (χ3v) is 4.12. The van der Waals surface area contributed by atoms with Crippen LogP contribution in [0.25, 0.3) is 11.3 Å². The molecule has 1 unspecified atom stereocenters. The first kappa shape index (κ1) is 15.3. The van der Waals surface area contributed by atoms with Crippen molar-refractivity contribution in [3.63, 3.8) is 0 Å². The standard InChI is InChI=1S/C17H20N6/c1-2-3-4-5-14(6-8-18)23-11-13(10-22-23)16-17-15(7-9-19-17)20-12-21-16/h9-12,14H,2-7H2,1H3. The molecule has 0 bridgehead atoms. The van der Waals surface area contributed by atoms with Gasteiger partial charge in [-0.25, -0.2) is 9.97 Å². The van der Waals surface area contributed by atoms with Crippen molar-refractivity contribution in [2.24, 2.45) is 4.99 Å². The largest absolute Gasteiger partial charge is 0.268 e. The number of aromatic nitrogens is 4. The van der Waals surface area contributed by atoms with E-state index in [1.807, 2.05) is 17.1 Å². The van der Waals surface area contributed by atoms with Crippen molar-refractivity contribution in [3.8, 4) is 17.3 Å². The number of nitriles is 1. The average molecular weight is 308 g/mol. The second-order valence-corrected chi connectivity index (χ2v) is 5.75. The van der Waals surface area contributed by atoms with Crippen molar-refractivity contribution in [2.75, 3.05) is 0 Å². The molecule has 23 heavy (non-hydrogen) atoms. The Labute approximate surface area is 135 Å². The molecule has 1 aliphatic heterocycles.